The average Bonchev–Trinajstić information content (AvgIpc) is 3.41. The lowest BCUT2D eigenvalue weighted by Gasteiger charge is -2.21. The maximum atomic E-state index is 14.5. The molecular formula is C26H24F4N4O2. The summed E-state index contributed by atoms with van der Waals surface area (Å²) in [5.74, 6) is -0.0723. The second-order valence-electron chi connectivity index (χ2n) is 8.79. The van der Waals surface area contributed by atoms with Gasteiger partial charge in [0.25, 0.3) is 0 Å². The quantitative estimate of drug-likeness (QED) is 0.308. The molecule has 1 atom stereocenters. The molecule has 10 heteroatoms. The summed E-state index contributed by atoms with van der Waals surface area (Å²) in [4.78, 5) is 15.6. The van der Waals surface area contributed by atoms with Crippen LogP contribution in [-0.4, -0.2) is 29.3 Å². The lowest BCUT2D eigenvalue weighted by Crippen LogP contribution is -2.30. The van der Waals surface area contributed by atoms with Crippen LogP contribution in [0, 0.1) is 5.82 Å². The number of rotatable bonds is 5. The van der Waals surface area contributed by atoms with E-state index in [-0.39, 0.29) is 23.8 Å². The van der Waals surface area contributed by atoms with Gasteiger partial charge >= 0.3 is 11.9 Å². The van der Waals surface area contributed by atoms with Crippen molar-refractivity contribution in [2.24, 2.45) is 0 Å². The highest BCUT2D eigenvalue weighted by atomic mass is 19.4. The van der Waals surface area contributed by atoms with Crippen molar-refractivity contribution in [3.05, 3.63) is 88.1 Å². The monoisotopic (exact) mass is 500 g/mol. The van der Waals surface area contributed by atoms with Gasteiger partial charge in [-0.15, -0.1) is 0 Å². The minimum atomic E-state index is -4.56. The highest BCUT2D eigenvalue weighted by Gasteiger charge is 2.34. The van der Waals surface area contributed by atoms with Gasteiger partial charge in [0, 0.05) is 13.1 Å². The smallest absolute Gasteiger partial charge is 0.416 e. The fourth-order valence-corrected chi connectivity index (χ4v) is 5.10. The lowest BCUT2D eigenvalue weighted by molar-refractivity contribution is -0.138. The van der Waals surface area contributed by atoms with Crippen molar-refractivity contribution in [3.63, 3.8) is 0 Å². The maximum absolute atomic E-state index is 14.5. The largest absolute Gasteiger partial charge is 0.494 e. The van der Waals surface area contributed by atoms with Crippen molar-refractivity contribution >= 4 is 22.4 Å². The summed E-state index contributed by atoms with van der Waals surface area (Å²) >= 11 is 0. The number of imidazole rings is 1. The molecule has 2 heterocycles. The van der Waals surface area contributed by atoms with Gasteiger partial charge in [-0.25, -0.2) is 9.18 Å². The minimum Gasteiger partial charge on any atom is -0.494 e. The van der Waals surface area contributed by atoms with E-state index >= 15 is 0 Å². The Balaban J connectivity index is 1.61. The number of hydrogen-bond acceptors (Lipinski definition) is 4. The van der Waals surface area contributed by atoms with Gasteiger partial charge in [-0.05, 0) is 42.3 Å². The molecule has 1 saturated heterocycles. The summed E-state index contributed by atoms with van der Waals surface area (Å²) in [5.41, 5.74) is 6.28. The minimum absolute atomic E-state index is 0.0239. The van der Waals surface area contributed by atoms with Crippen LogP contribution in [0.25, 0.3) is 11.0 Å². The summed E-state index contributed by atoms with van der Waals surface area (Å²) in [7, 11) is 1.45. The van der Waals surface area contributed by atoms with Crippen LogP contribution in [0.3, 0.4) is 0 Å². The Morgan fingerprint density at radius 1 is 1.06 bits per heavy atom. The van der Waals surface area contributed by atoms with Crippen LogP contribution in [0.15, 0.2) is 65.5 Å². The summed E-state index contributed by atoms with van der Waals surface area (Å²) in [6, 6.07) is 14.5. The Labute approximate surface area is 204 Å². The number of halogens is 4. The number of nitrogen functional groups attached to an aromatic ring is 1. The second kappa shape index (κ2) is 8.92. The summed E-state index contributed by atoms with van der Waals surface area (Å²) in [6.07, 6.45) is -4.03. The Morgan fingerprint density at radius 2 is 1.81 bits per heavy atom. The fourth-order valence-electron chi connectivity index (χ4n) is 5.10. The molecule has 4 aromatic rings. The Bertz CT molecular complexity index is 1470. The van der Waals surface area contributed by atoms with E-state index in [1.807, 2.05) is 0 Å². The van der Waals surface area contributed by atoms with Crippen LogP contribution in [0.4, 0.5) is 28.9 Å². The second-order valence-corrected chi connectivity index (χ2v) is 8.79. The molecule has 0 saturated carbocycles. The summed E-state index contributed by atoms with van der Waals surface area (Å²) in [5, 5.41) is 0. The first-order valence-electron chi connectivity index (χ1n) is 11.4. The van der Waals surface area contributed by atoms with Crippen molar-refractivity contribution in [1.82, 2.24) is 9.13 Å². The third-order valence-electron chi connectivity index (χ3n) is 6.68. The zero-order valence-electron chi connectivity index (χ0n) is 19.4. The van der Waals surface area contributed by atoms with E-state index in [0.29, 0.717) is 42.0 Å². The van der Waals surface area contributed by atoms with Crippen LogP contribution < -0.4 is 21.1 Å². The van der Waals surface area contributed by atoms with Crippen LogP contribution in [0.1, 0.15) is 23.6 Å². The Hall–Kier alpha value is -3.95. The molecule has 5 rings (SSSR count). The number of aromatic nitrogens is 2. The number of ether oxygens (including phenoxy) is 1. The number of benzene rings is 3. The molecule has 0 amide bonds. The molecule has 0 aliphatic carbocycles. The predicted molar refractivity (Wildman–Crippen MR) is 130 cm³/mol. The highest BCUT2D eigenvalue weighted by Crippen LogP contribution is 2.36. The Kier molecular flexibility index (Phi) is 5.89. The molecule has 188 valence electrons. The number of alkyl halides is 3. The van der Waals surface area contributed by atoms with E-state index in [4.69, 9.17) is 10.5 Å². The third-order valence-corrected chi connectivity index (χ3v) is 6.68. The third kappa shape index (κ3) is 3.96. The van der Waals surface area contributed by atoms with Gasteiger partial charge in [-0.3, -0.25) is 9.13 Å². The molecule has 1 aliphatic heterocycles. The normalized spacial score (nSPS) is 16.1. The van der Waals surface area contributed by atoms with Crippen molar-refractivity contribution in [2.75, 3.05) is 30.8 Å². The van der Waals surface area contributed by atoms with Gasteiger partial charge in [-0.1, -0.05) is 30.3 Å². The number of nitrogens with two attached hydrogens (primary N) is 1. The van der Waals surface area contributed by atoms with Gasteiger partial charge in [0.15, 0.2) is 0 Å². The fraction of sp³-hybridized carbons (Fsp3) is 0.269. The number of methoxy groups -OCH3 is 1. The number of hydrogen-bond donors (Lipinski definition) is 1. The molecule has 1 aromatic heterocycles. The molecule has 3 aromatic carbocycles. The number of fused-ring (bicyclic) bond motifs is 1. The van der Waals surface area contributed by atoms with Crippen LogP contribution in [0.5, 0.6) is 5.75 Å². The van der Waals surface area contributed by atoms with E-state index < -0.39 is 23.2 Å². The molecule has 1 unspecified atom stereocenters. The number of nitrogens with zero attached hydrogens (tertiary/aromatic N) is 3. The van der Waals surface area contributed by atoms with Crippen molar-refractivity contribution < 1.29 is 22.3 Å². The van der Waals surface area contributed by atoms with Gasteiger partial charge in [0.1, 0.15) is 17.1 Å². The van der Waals surface area contributed by atoms with Gasteiger partial charge < -0.3 is 15.4 Å². The summed E-state index contributed by atoms with van der Waals surface area (Å²) < 4.78 is 63.9. The highest BCUT2D eigenvalue weighted by molar-refractivity contribution is 5.83. The zero-order valence-corrected chi connectivity index (χ0v) is 19.4. The molecule has 6 nitrogen and oxygen atoms in total. The van der Waals surface area contributed by atoms with Gasteiger partial charge in [0.2, 0.25) is 0 Å². The number of para-hydroxylation sites is 2. The van der Waals surface area contributed by atoms with Crippen LogP contribution >= 0.6 is 0 Å². The van der Waals surface area contributed by atoms with Crippen molar-refractivity contribution in [2.45, 2.75) is 25.2 Å². The van der Waals surface area contributed by atoms with E-state index in [2.05, 4.69) is 0 Å². The molecule has 0 spiro atoms. The van der Waals surface area contributed by atoms with E-state index in [1.54, 1.807) is 33.7 Å². The molecule has 36 heavy (non-hydrogen) atoms. The molecule has 1 fully saturated rings. The lowest BCUT2D eigenvalue weighted by atomic mass is 10.1. The van der Waals surface area contributed by atoms with Crippen molar-refractivity contribution in [1.29, 1.82) is 0 Å². The molecular weight excluding hydrogens is 476 g/mol. The maximum Gasteiger partial charge on any atom is 0.416 e. The SMILES string of the molecule is COc1cccc2c1n(Cc1ccccc1C(F)(F)F)c(=O)n2C1CCN(c2c(N)cccc2F)C1. The van der Waals surface area contributed by atoms with Gasteiger partial charge in [0.05, 0.1) is 42.2 Å². The first-order chi connectivity index (χ1) is 17.2. The standard InChI is InChI=1S/C26H24F4N4O2/c1-36-22-11-5-10-21-24(22)33(14-16-6-2-3-7-18(16)26(28,29)30)25(35)34(21)17-12-13-32(15-17)23-19(27)8-4-9-20(23)31/h2-11,17H,12-15,31H2,1H3. The molecule has 1 aliphatic rings. The number of anilines is 2. The molecule has 0 bridgehead atoms. The Morgan fingerprint density at radius 3 is 2.53 bits per heavy atom. The van der Waals surface area contributed by atoms with Crippen LogP contribution in [0.2, 0.25) is 0 Å². The summed E-state index contributed by atoms with van der Waals surface area (Å²) in [6.45, 7) is 0.505. The van der Waals surface area contributed by atoms with Crippen molar-refractivity contribution in [3.8, 4) is 5.75 Å². The average molecular weight is 500 g/mol. The topological polar surface area (TPSA) is 65.4 Å². The van der Waals surface area contributed by atoms with E-state index in [1.165, 1.54) is 42.0 Å². The first-order valence-corrected chi connectivity index (χ1v) is 11.4. The van der Waals surface area contributed by atoms with Gasteiger partial charge in [-0.2, -0.15) is 13.2 Å². The molecule has 0 radical (unpaired) electrons. The molecule has 2 N–H and O–H groups in total. The predicted octanol–water partition coefficient (Wildman–Crippen LogP) is 5.05. The van der Waals surface area contributed by atoms with E-state index in [9.17, 15) is 22.4 Å². The first kappa shape index (κ1) is 23.8. The van der Waals surface area contributed by atoms with E-state index in [0.717, 1.165) is 6.07 Å². The van der Waals surface area contributed by atoms with Crippen LogP contribution in [-0.2, 0) is 12.7 Å². The zero-order chi connectivity index (χ0) is 25.6.